The van der Waals surface area contributed by atoms with Crippen molar-refractivity contribution in [2.24, 2.45) is 5.41 Å². The van der Waals surface area contributed by atoms with E-state index in [2.05, 4.69) is 26.1 Å². The van der Waals surface area contributed by atoms with Crippen LogP contribution in [0.1, 0.15) is 52.9 Å². The Hall–Kier alpha value is -0.570. The topological polar surface area (TPSA) is 49.3 Å². The minimum Gasteiger partial charge on any atom is -0.481 e. The van der Waals surface area contributed by atoms with E-state index in [4.69, 9.17) is 5.11 Å². The first-order chi connectivity index (χ1) is 6.98. The number of hydrogen-bond acceptors (Lipinski definition) is 2. The molecule has 0 bridgehead atoms. The first-order valence-corrected chi connectivity index (χ1v) is 5.90. The van der Waals surface area contributed by atoms with E-state index < -0.39 is 5.97 Å². The second-order valence-electron chi connectivity index (χ2n) is 4.94. The molecule has 0 aromatic heterocycles. The second-order valence-corrected chi connectivity index (χ2v) is 4.94. The Morgan fingerprint density at radius 1 is 1.33 bits per heavy atom. The first kappa shape index (κ1) is 14.4. The van der Waals surface area contributed by atoms with Crippen LogP contribution in [0.3, 0.4) is 0 Å². The van der Waals surface area contributed by atoms with E-state index in [0.717, 1.165) is 6.54 Å². The van der Waals surface area contributed by atoms with Crippen LogP contribution in [0.15, 0.2) is 0 Å². The van der Waals surface area contributed by atoms with Gasteiger partial charge in [-0.25, -0.2) is 0 Å². The van der Waals surface area contributed by atoms with Gasteiger partial charge in [-0.05, 0) is 11.8 Å². The molecule has 0 spiro atoms. The molecular weight excluding hydrogens is 190 g/mol. The van der Waals surface area contributed by atoms with Crippen LogP contribution in [0, 0.1) is 5.41 Å². The van der Waals surface area contributed by atoms with Crippen LogP contribution in [0.4, 0.5) is 0 Å². The molecule has 0 fully saturated rings. The zero-order valence-electron chi connectivity index (χ0n) is 10.3. The van der Waals surface area contributed by atoms with E-state index in [1.165, 1.54) is 25.7 Å². The SMILES string of the molecule is CCCCCC(C)(C)CNCCC(=O)O. The van der Waals surface area contributed by atoms with Gasteiger partial charge in [0.1, 0.15) is 0 Å². The highest BCUT2D eigenvalue weighted by Crippen LogP contribution is 2.22. The van der Waals surface area contributed by atoms with Crippen molar-refractivity contribution in [1.29, 1.82) is 0 Å². The van der Waals surface area contributed by atoms with Gasteiger partial charge in [-0.2, -0.15) is 0 Å². The van der Waals surface area contributed by atoms with Gasteiger partial charge < -0.3 is 10.4 Å². The maximum absolute atomic E-state index is 10.3. The summed E-state index contributed by atoms with van der Waals surface area (Å²) < 4.78 is 0. The predicted octanol–water partition coefficient (Wildman–Crippen LogP) is 2.66. The van der Waals surface area contributed by atoms with Crippen LogP contribution in [0.5, 0.6) is 0 Å². The summed E-state index contributed by atoms with van der Waals surface area (Å²) in [5, 5.41) is 11.7. The molecule has 15 heavy (non-hydrogen) atoms. The monoisotopic (exact) mass is 215 g/mol. The van der Waals surface area contributed by atoms with Crippen molar-refractivity contribution in [3.8, 4) is 0 Å². The normalized spacial score (nSPS) is 11.7. The fourth-order valence-corrected chi connectivity index (χ4v) is 1.56. The van der Waals surface area contributed by atoms with E-state index in [-0.39, 0.29) is 11.8 Å². The Balaban J connectivity index is 3.50. The number of rotatable bonds is 9. The summed E-state index contributed by atoms with van der Waals surface area (Å²) in [6.07, 6.45) is 5.23. The zero-order chi connectivity index (χ0) is 11.7. The highest BCUT2D eigenvalue weighted by Gasteiger charge is 2.16. The number of unbranched alkanes of at least 4 members (excludes halogenated alkanes) is 2. The molecule has 0 aliphatic rings. The van der Waals surface area contributed by atoms with E-state index >= 15 is 0 Å². The number of nitrogens with one attached hydrogen (secondary N) is 1. The van der Waals surface area contributed by atoms with Gasteiger partial charge in [-0.3, -0.25) is 4.79 Å². The van der Waals surface area contributed by atoms with Gasteiger partial charge >= 0.3 is 5.97 Å². The van der Waals surface area contributed by atoms with E-state index in [1.54, 1.807) is 0 Å². The molecule has 0 amide bonds. The summed E-state index contributed by atoms with van der Waals surface area (Å²) in [7, 11) is 0. The Kier molecular flexibility index (Phi) is 7.39. The van der Waals surface area contributed by atoms with Crippen LogP contribution >= 0.6 is 0 Å². The van der Waals surface area contributed by atoms with Crippen molar-refractivity contribution in [2.45, 2.75) is 52.9 Å². The lowest BCUT2D eigenvalue weighted by Gasteiger charge is -2.24. The predicted molar refractivity (Wildman–Crippen MR) is 63.0 cm³/mol. The molecule has 0 aliphatic carbocycles. The Labute approximate surface area is 93.3 Å². The van der Waals surface area contributed by atoms with Crippen LogP contribution < -0.4 is 5.32 Å². The van der Waals surface area contributed by atoms with Crippen LogP contribution in [0.25, 0.3) is 0 Å². The molecule has 0 radical (unpaired) electrons. The van der Waals surface area contributed by atoms with Crippen LogP contribution in [0.2, 0.25) is 0 Å². The molecule has 0 aromatic rings. The summed E-state index contributed by atoms with van der Waals surface area (Å²) >= 11 is 0. The molecule has 0 unspecified atom stereocenters. The lowest BCUT2D eigenvalue weighted by Crippen LogP contribution is -2.30. The lowest BCUT2D eigenvalue weighted by atomic mass is 9.87. The summed E-state index contributed by atoms with van der Waals surface area (Å²) in [6.45, 7) is 8.15. The van der Waals surface area contributed by atoms with Crippen molar-refractivity contribution in [3.63, 3.8) is 0 Å². The summed E-state index contributed by atoms with van der Waals surface area (Å²) in [5.74, 6) is -0.730. The Morgan fingerprint density at radius 2 is 2.00 bits per heavy atom. The average molecular weight is 215 g/mol. The lowest BCUT2D eigenvalue weighted by molar-refractivity contribution is -0.136. The van der Waals surface area contributed by atoms with E-state index in [9.17, 15) is 4.79 Å². The average Bonchev–Trinajstić information content (AvgIpc) is 2.13. The molecule has 0 heterocycles. The van der Waals surface area contributed by atoms with E-state index in [0.29, 0.717) is 6.54 Å². The Bertz CT molecular complexity index is 178. The van der Waals surface area contributed by atoms with Crippen molar-refractivity contribution < 1.29 is 9.90 Å². The largest absolute Gasteiger partial charge is 0.481 e. The van der Waals surface area contributed by atoms with Crippen molar-refractivity contribution in [2.75, 3.05) is 13.1 Å². The summed E-state index contributed by atoms with van der Waals surface area (Å²) in [5.41, 5.74) is 0.285. The van der Waals surface area contributed by atoms with E-state index in [1.807, 2.05) is 0 Å². The zero-order valence-corrected chi connectivity index (χ0v) is 10.3. The fourth-order valence-electron chi connectivity index (χ4n) is 1.56. The van der Waals surface area contributed by atoms with Gasteiger partial charge in [-0.15, -0.1) is 0 Å². The molecule has 0 aromatic carbocycles. The van der Waals surface area contributed by atoms with Gasteiger partial charge in [0.05, 0.1) is 6.42 Å². The quantitative estimate of drug-likeness (QED) is 0.581. The van der Waals surface area contributed by atoms with Gasteiger partial charge in [-0.1, -0.05) is 40.0 Å². The minimum absolute atomic E-state index is 0.213. The van der Waals surface area contributed by atoms with Gasteiger partial charge in [0.2, 0.25) is 0 Å². The standard InChI is InChI=1S/C12H25NO2/c1-4-5-6-8-12(2,3)10-13-9-7-11(14)15/h13H,4-10H2,1-3H3,(H,14,15). The Morgan fingerprint density at radius 3 is 2.53 bits per heavy atom. The molecule has 0 saturated carbocycles. The van der Waals surface area contributed by atoms with Crippen LogP contribution in [-0.4, -0.2) is 24.2 Å². The summed E-state index contributed by atoms with van der Waals surface area (Å²) in [4.78, 5) is 10.3. The third kappa shape index (κ3) is 9.73. The molecule has 0 rings (SSSR count). The van der Waals surface area contributed by atoms with Gasteiger partial charge in [0.15, 0.2) is 0 Å². The highest BCUT2D eigenvalue weighted by atomic mass is 16.4. The third-order valence-corrected chi connectivity index (χ3v) is 2.58. The van der Waals surface area contributed by atoms with Gasteiger partial charge in [0, 0.05) is 13.1 Å². The first-order valence-electron chi connectivity index (χ1n) is 5.90. The van der Waals surface area contributed by atoms with Gasteiger partial charge in [0.25, 0.3) is 0 Å². The number of aliphatic carboxylic acids is 1. The summed E-state index contributed by atoms with van der Waals surface area (Å²) in [6, 6.07) is 0. The molecule has 2 N–H and O–H groups in total. The van der Waals surface area contributed by atoms with Crippen molar-refractivity contribution in [1.82, 2.24) is 5.32 Å². The van der Waals surface area contributed by atoms with Crippen LogP contribution in [-0.2, 0) is 4.79 Å². The minimum atomic E-state index is -0.730. The third-order valence-electron chi connectivity index (χ3n) is 2.58. The van der Waals surface area contributed by atoms with Crippen molar-refractivity contribution in [3.05, 3.63) is 0 Å². The number of carbonyl (C=O) groups is 1. The molecular formula is C12H25NO2. The fraction of sp³-hybridized carbons (Fsp3) is 0.917. The molecule has 3 nitrogen and oxygen atoms in total. The number of hydrogen-bond donors (Lipinski definition) is 2. The maximum Gasteiger partial charge on any atom is 0.304 e. The highest BCUT2D eigenvalue weighted by molar-refractivity contribution is 5.66. The number of carboxylic acids is 1. The molecule has 0 atom stereocenters. The second kappa shape index (κ2) is 7.69. The van der Waals surface area contributed by atoms with Crippen molar-refractivity contribution >= 4 is 5.97 Å². The molecule has 90 valence electrons. The number of carboxylic acid groups (broad SMARTS) is 1. The molecule has 0 saturated heterocycles. The molecule has 0 aliphatic heterocycles. The molecule has 3 heteroatoms. The maximum atomic E-state index is 10.3. The smallest absolute Gasteiger partial charge is 0.304 e.